The van der Waals surface area contributed by atoms with E-state index in [9.17, 15) is 9.90 Å². The molecule has 1 amide bonds. The van der Waals surface area contributed by atoms with Crippen LogP contribution >= 0.6 is 0 Å². The summed E-state index contributed by atoms with van der Waals surface area (Å²) >= 11 is 0. The van der Waals surface area contributed by atoms with Gasteiger partial charge in [-0.05, 0) is 34.1 Å². The van der Waals surface area contributed by atoms with E-state index < -0.39 is 11.7 Å². The molecule has 0 bridgehead atoms. The molecule has 0 saturated carbocycles. The van der Waals surface area contributed by atoms with Gasteiger partial charge in [0.25, 0.3) is 0 Å². The van der Waals surface area contributed by atoms with E-state index in [2.05, 4.69) is 10.5 Å². The van der Waals surface area contributed by atoms with Crippen LogP contribution in [0.1, 0.15) is 52.3 Å². The molecule has 130 valence electrons. The molecule has 0 aromatic carbocycles. The van der Waals surface area contributed by atoms with E-state index in [4.69, 9.17) is 9.26 Å². The fourth-order valence-electron chi connectivity index (χ4n) is 2.44. The summed E-state index contributed by atoms with van der Waals surface area (Å²) in [6.07, 6.45) is 0.497. The first-order valence-corrected chi connectivity index (χ1v) is 8.10. The Kier molecular flexibility index (Phi) is 5.19. The lowest BCUT2D eigenvalue weighted by molar-refractivity contribution is 0.0138. The third-order valence-corrected chi connectivity index (χ3v) is 3.82. The zero-order valence-electron chi connectivity index (χ0n) is 14.5. The van der Waals surface area contributed by atoms with Gasteiger partial charge in [0.15, 0.2) is 0 Å². The predicted octanol–water partition coefficient (Wildman–Crippen LogP) is 2.54. The van der Waals surface area contributed by atoms with Gasteiger partial charge in [0.1, 0.15) is 5.60 Å². The third kappa shape index (κ3) is 4.37. The van der Waals surface area contributed by atoms with Crippen molar-refractivity contribution < 1.29 is 19.2 Å². The number of anilines is 1. The highest BCUT2D eigenvalue weighted by atomic mass is 16.6. The number of hydrogen-bond donors (Lipinski definition) is 2. The molecule has 0 spiro atoms. The van der Waals surface area contributed by atoms with E-state index in [1.165, 1.54) is 0 Å². The van der Waals surface area contributed by atoms with Crippen LogP contribution in [0.2, 0.25) is 0 Å². The summed E-state index contributed by atoms with van der Waals surface area (Å²) in [7, 11) is 0. The molecule has 0 radical (unpaired) electrons. The molecular formula is C16H27N3O4. The summed E-state index contributed by atoms with van der Waals surface area (Å²) in [5.74, 6) is 0.521. The van der Waals surface area contributed by atoms with Crippen LogP contribution in [-0.4, -0.2) is 45.5 Å². The van der Waals surface area contributed by atoms with Crippen LogP contribution in [0.3, 0.4) is 0 Å². The monoisotopic (exact) mass is 325 g/mol. The van der Waals surface area contributed by atoms with E-state index >= 15 is 0 Å². The van der Waals surface area contributed by atoms with Gasteiger partial charge in [0, 0.05) is 19.0 Å². The van der Waals surface area contributed by atoms with Gasteiger partial charge >= 0.3 is 6.09 Å². The van der Waals surface area contributed by atoms with Crippen LogP contribution in [0.5, 0.6) is 0 Å². The SMILES string of the molecule is CC[C@@H](O)CNc1onc2c1CN(C(=O)OC(C)(C)C)[C@@H](C)C2. The summed E-state index contributed by atoms with van der Waals surface area (Å²) in [6.45, 7) is 10.2. The Balaban J connectivity index is 2.10. The minimum Gasteiger partial charge on any atom is -0.444 e. The smallest absolute Gasteiger partial charge is 0.410 e. The molecule has 2 atom stereocenters. The molecule has 2 rings (SSSR count). The summed E-state index contributed by atoms with van der Waals surface area (Å²) in [5.41, 5.74) is 1.18. The minimum absolute atomic E-state index is 0.00321. The average Bonchev–Trinajstić information content (AvgIpc) is 2.83. The topological polar surface area (TPSA) is 87.8 Å². The van der Waals surface area contributed by atoms with E-state index in [1.54, 1.807) is 4.90 Å². The van der Waals surface area contributed by atoms with Crippen LogP contribution < -0.4 is 5.32 Å². The largest absolute Gasteiger partial charge is 0.444 e. The molecule has 1 aromatic rings. The van der Waals surface area contributed by atoms with Gasteiger partial charge in [-0.25, -0.2) is 4.79 Å². The summed E-state index contributed by atoms with van der Waals surface area (Å²) in [5, 5.41) is 16.8. The number of aliphatic hydroxyl groups excluding tert-OH is 1. The van der Waals surface area contributed by atoms with Crippen molar-refractivity contribution in [3.63, 3.8) is 0 Å². The molecule has 1 aromatic heterocycles. The number of hydrogen-bond acceptors (Lipinski definition) is 6. The zero-order valence-corrected chi connectivity index (χ0v) is 14.5. The fourth-order valence-corrected chi connectivity index (χ4v) is 2.44. The van der Waals surface area contributed by atoms with E-state index in [0.29, 0.717) is 31.8 Å². The van der Waals surface area contributed by atoms with Crippen molar-refractivity contribution in [2.45, 2.75) is 71.8 Å². The van der Waals surface area contributed by atoms with Gasteiger partial charge in [-0.1, -0.05) is 12.1 Å². The maximum absolute atomic E-state index is 12.4. The number of fused-ring (bicyclic) bond motifs is 1. The highest BCUT2D eigenvalue weighted by Crippen LogP contribution is 2.30. The number of amides is 1. The van der Waals surface area contributed by atoms with Crippen molar-refractivity contribution >= 4 is 12.0 Å². The molecule has 7 nitrogen and oxygen atoms in total. The van der Waals surface area contributed by atoms with Crippen LogP contribution in [0.4, 0.5) is 10.7 Å². The number of carbonyl (C=O) groups is 1. The van der Waals surface area contributed by atoms with Gasteiger partial charge in [-0.2, -0.15) is 0 Å². The Morgan fingerprint density at radius 2 is 2.26 bits per heavy atom. The Hall–Kier alpha value is -1.76. The molecule has 0 fully saturated rings. The zero-order chi connectivity index (χ0) is 17.2. The number of rotatable bonds is 4. The Morgan fingerprint density at radius 1 is 1.57 bits per heavy atom. The molecule has 0 aliphatic carbocycles. The number of nitrogens with zero attached hydrogens (tertiary/aromatic N) is 2. The van der Waals surface area contributed by atoms with E-state index in [0.717, 1.165) is 11.3 Å². The third-order valence-electron chi connectivity index (χ3n) is 3.82. The molecule has 1 aliphatic rings. The van der Waals surface area contributed by atoms with Crippen LogP contribution in [0, 0.1) is 0 Å². The second-order valence-electron chi connectivity index (χ2n) is 7.04. The molecule has 23 heavy (non-hydrogen) atoms. The van der Waals surface area contributed by atoms with Crippen molar-refractivity contribution in [3.8, 4) is 0 Å². The van der Waals surface area contributed by atoms with Gasteiger partial charge < -0.3 is 24.6 Å². The van der Waals surface area contributed by atoms with Crippen LogP contribution in [0.25, 0.3) is 0 Å². The maximum Gasteiger partial charge on any atom is 0.410 e. The van der Waals surface area contributed by atoms with Crippen molar-refractivity contribution in [1.82, 2.24) is 10.1 Å². The highest BCUT2D eigenvalue weighted by Gasteiger charge is 2.34. The highest BCUT2D eigenvalue weighted by molar-refractivity contribution is 5.69. The average molecular weight is 325 g/mol. The number of ether oxygens (including phenoxy) is 1. The lowest BCUT2D eigenvalue weighted by atomic mass is 10.0. The molecule has 1 aliphatic heterocycles. The van der Waals surface area contributed by atoms with Crippen molar-refractivity contribution in [1.29, 1.82) is 0 Å². The molecule has 2 heterocycles. The number of aromatic nitrogens is 1. The molecule has 0 unspecified atom stereocenters. The summed E-state index contributed by atoms with van der Waals surface area (Å²) in [4.78, 5) is 14.1. The van der Waals surface area contributed by atoms with Crippen LogP contribution in [0.15, 0.2) is 4.52 Å². The van der Waals surface area contributed by atoms with E-state index in [1.807, 2.05) is 34.6 Å². The summed E-state index contributed by atoms with van der Waals surface area (Å²) in [6, 6.07) is -0.00321. The summed E-state index contributed by atoms with van der Waals surface area (Å²) < 4.78 is 10.8. The first-order chi connectivity index (χ1) is 10.7. The Morgan fingerprint density at radius 3 is 2.87 bits per heavy atom. The first kappa shape index (κ1) is 17.6. The van der Waals surface area contributed by atoms with Crippen molar-refractivity contribution in [2.24, 2.45) is 0 Å². The Labute approximate surface area is 137 Å². The molecular weight excluding hydrogens is 298 g/mol. The maximum atomic E-state index is 12.4. The number of aliphatic hydroxyl groups is 1. The number of nitrogens with one attached hydrogen (secondary N) is 1. The normalized spacial score (nSPS) is 19.2. The molecule has 2 N–H and O–H groups in total. The second kappa shape index (κ2) is 6.78. The lowest BCUT2D eigenvalue weighted by Gasteiger charge is -2.34. The predicted molar refractivity (Wildman–Crippen MR) is 86.2 cm³/mol. The second-order valence-corrected chi connectivity index (χ2v) is 7.04. The number of carbonyl (C=O) groups excluding carboxylic acids is 1. The quantitative estimate of drug-likeness (QED) is 0.884. The van der Waals surface area contributed by atoms with Gasteiger partial charge in [0.05, 0.1) is 23.9 Å². The minimum atomic E-state index is -0.530. The Bertz CT molecular complexity index is 550. The van der Waals surface area contributed by atoms with E-state index in [-0.39, 0.29) is 12.1 Å². The van der Waals surface area contributed by atoms with Gasteiger partial charge in [-0.3, -0.25) is 0 Å². The fraction of sp³-hybridized carbons (Fsp3) is 0.750. The lowest BCUT2D eigenvalue weighted by Crippen LogP contribution is -2.45. The standard InChI is InChI=1S/C16H27N3O4/c1-6-11(20)8-17-14-12-9-19(15(21)22-16(3,4)5)10(2)7-13(12)18-23-14/h10-11,17,20H,6-9H2,1-5H3/t10-,11+/m0/s1. The molecule has 0 saturated heterocycles. The van der Waals surface area contributed by atoms with Gasteiger partial charge in [-0.15, -0.1) is 0 Å². The van der Waals surface area contributed by atoms with Crippen molar-refractivity contribution in [3.05, 3.63) is 11.3 Å². The van der Waals surface area contributed by atoms with Crippen molar-refractivity contribution in [2.75, 3.05) is 11.9 Å². The van der Waals surface area contributed by atoms with Gasteiger partial charge in [0.2, 0.25) is 5.88 Å². The molecule has 7 heteroatoms. The van der Waals surface area contributed by atoms with Crippen LogP contribution in [-0.2, 0) is 17.7 Å². The first-order valence-electron chi connectivity index (χ1n) is 8.10.